The maximum atomic E-state index is 12.7. The first-order valence-electron chi connectivity index (χ1n) is 10.00. The van der Waals surface area contributed by atoms with Gasteiger partial charge in [0.05, 0.1) is 17.6 Å². The molecule has 1 aromatic rings. The van der Waals surface area contributed by atoms with Gasteiger partial charge in [0.2, 0.25) is 10.0 Å². The van der Waals surface area contributed by atoms with E-state index in [9.17, 15) is 13.2 Å². The number of nitrogens with one attached hydrogen (secondary N) is 1. The monoisotopic (exact) mass is 411 g/mol. The summed E-state index contributed by atoms with van der Waals surface area (Å²) in [5.74, 6) is 0.296. The molecule has 0 bridgehead atoms. The molecule has 1 saturated heterocycles. The van der Waals surface area contributed by atoms with E-state index in [4.69, 9.17) is 4.74 Å². The Kier molecular flexibility index (Phi) is 8.42. The van der Waals surface area contributed by atoms with Gasteiger partial charge in [-0.25, -0.2) is 8.42 Å². The van der Waals surface area contributed by atoms with E-state index in [1.807, 2.05) is 0 Å². The summed E-state index contributed by atoms with van der Waals surface area (Å²) in [6.45, 7) is 12.5. The molecule has 1 aromatic carbocycles. The molecular formula is C20H33N3O4S. The number of rotatable bonds is 9. The van der Waals surface area contributed by atoms with Crippen LogP contribution in [0.2, 0.25) is 0 Å². The zero-order valence-corrected chi connectivity index (χ0v) is 18.2. The van der Waals surface area contributed by atoms with Gasteiger partial charge < -0.3 is 10.1 Å². The molecule has 1 aliphatic heterocycles. The van der Waals surface area contributed by atoms with Gasteiger partial charge in [-0.15, -0.1) is 0 Å². The molecule has 158 valence electrons. The highest BCUT2D eigenvalue weighted by Crippen LogP contribution is 2.17. The molecule has 7 nitrogen and oxygen atoms in total. The van der Waals surface area contributed by atoms with Gasteiger partial charge in [-0.05, 0) is 24.1 Å². The summed E-state index contributed by atoms with van der Waals surface area (Å²) in [6, 6.07) is 6.20. The molecule has 0 aromatic heterocycles. The third-order valence-corrected chi connectivity index (χ3v) is 6.82. The predicted molar refractivity (Wildman–Crippen MR) is 110 cm³/mol. The SMILES string of the molecule is CCN(CC)S(=O)(=O)c1cccc(C(=O)NCC2CN(CC(C)C)CCO2)c1. The standard InChI is InChI=1S/C20H33N3O4S/c1-5-23(6-2)28(25,26)19-9-7-8-17(12-19)20(24)21-13-18-15-22(10-11-27-18)14-16(3)4/h7-9,12,16,18H,5-6,10-11,13-15H2,1-4H3,(H,21,24). The minimum atomic E-state index is -3.59. The van der Waals surface area contributed by atoms with Crippen molar-refractivity contribution in [3.8, 4) is 0 Å². The summed E-state index contributed by atoms with van der Waals surface area (Å²) in [5.41, 5.74) is 0.336. The molecule has 0 spiro atoms. The fraction of sp³-hybridized carbons (Fsp3) is 0.650. The van der Waals surface area contributed by atoms with Gasteiger partial charge in [0.25, 0.3) is 5.91 Å². The molecule has 0 radical (unpaired) electrons. The number of amides is 1. The zero-order chi connectivity index (χ0) is 20.7. The van der Waals surface area contributed by atoms with Gasteiger partial charge in [0, 0.05) is 44.8 Å². The summed E-state index contributed by atoms with van der Waals surface area (Å²) < 4.78 is 32.5. The summed E-state index contributed by atoms with van der Waals surface area (Å²) in [4.78, 5) is 15.0. The van der Waals surface area contributed by atoms with Crippen LogP contribution in [-0.4, -0.2) is 75.5 Å². The molecule has 1 fully saturated rings. The number of nitrogens with zero attached hydrogens (tertiary/aromatic N) is 2. The molecule has 1 amide bonds. The molecule has 1 aliphatic rings. The van der Waals surface area contributed by atoms with Gasteiger partial charge in [-0.3, -0.25) is 9.69 Å². The lowest BCUT2D eigenvalue weighted by Crippen LogP contribution is -2.48. The zero-order valence-electron chi connectivity index (χ0n) is 17.3. The first kappa shape index (κ1) is 22.8. The molecule has 0 saturated carbocycles. The predicted octanol–water partition coefficient (Wildman–Crippen LogP) is 1.80. The van der Waals surface area contributed by atoms with E-state index in [1.54, 1.807) is 26.0 Å². The van der Waals surface area contributed by atoms with E-state index in [2.05, 4.69) is 24.1 Å². The minimum Gasteiger partial charge on any atom is -0.374 e. The highest BCUT2D eigenvalue weighted by molar-refractivity contribution is 7.89. The number of morpholine rings is 1. The van der Waals surface area contributed by atoms with E-state index in [-0.39, 0.29) is 16.9 Å². The van der Waals surface area contributed by atoms with Crippen molar-refractivity contribution in [2.24, 2.45) is 5.92 Å². The molecule has 8 heteroatoms. The molecule has 2 rings (SSSR count). The second kappa shape index (κ2) is 10.3. The second-order valence-corrected chi connectivity index (χ2v) is 9.41. The number of carbonyl (C=O) groups is 1. The molecule has 1 N–H and O–H groups in total. The van der Waals surface area contributed by atoms with Gasteiger partial charge in [0.1, 0.15) is 0 Å². The van der Waals surface area contributed by atoms with Crippen LogP contribution in [0.15, 0.2) is 29.2 Å². The maximum Gasteiger partial charge on any atom is 0.251 e. The average Bonchev–Trinajstić information content (AvgIpc) is 2.66. The fourth-order valence-electron chi connectivity index (χ4n) is 3.41. The number of ether oxygens (including phenoxy) is 1. The summed E-state index contributed by atoms with van der Waals surface area (Å²) in [6.07, 6.45) is -0.0564. The molecule has 1 heterocycles. The van der Waals surface area contributed by atoms with Gasteiger partial charge >= 0.3 is 0 Å². The van der Waals surface area contributed by atoms with Crippen molar-refractivity contribution >= 4 is 15.9 Å². The highest BCUT2D eigenvalue weighted by Gasteiger charge is 2.24. The van der Waals surface area contributed by atoms with Crippen LogP contribution in [0.3, 0.4) is 0 Å². The Balaban J connectivity index is 2.00. The van der Waals surface area contributed by atoms with Crippen LogP contribution in [0.1, 0.15) is 38.1 Å². The summed E-state index contributed by atoms with van der Waals surface area (Å²) >= 11 is 0. The van der Waals surface area contributed by atoms with Crippen LogP contribution in [0.4, 0.5) is 0 Å². The van der Waals surface area contributed by atoms with E-state index in [0.29, 0.717) is 37.7 Å². The van der Waals surface area contributed by atoms with Gasteiger partial charge in [-0.2, -0.15) is 4.31 Å². The smallest absolute Gasteiger partial charge is 0.251 e. The largest absolute Gasteiger partial charge is 0.374 e. The first-order chi connectivity index (χ1) is 13.3. The number of hydrogen-bond acceptors (Lipinski definition) is 5. The highest BCUT2D eigenvalue weighted by atomic mass is 32.2. The van der Waals surface area contributed by atoms with E-state index >= 15 is 0 Å². The normalized spacial score (nSPS) is 18.6. The Morgan fingerprint density at radius 2 is 2.04 bits per heavy atom. The lowest BCUT2D eigenvalue weighted by molar-refractivity contribution is -0.0295. The Hall–Kier alpha value is -1.48. The third-order valence-electron chi connectivity index (χ3n) is 4.78. The average molecular weight is 412 g/mol. The van der Waals surface area contributed by atoms with Crippen LogP contribution < -0.4 is 5.32 Å². The summed E-state index contributed by atoms with van der Waals surface area (Å²) in [5, 5.41) is 2.88. The molecule has 0 aliphatic carbocycles. The third kappa shape index (κ3) is 6.01. The van der Waals surface area contributed by atoms with Crippen molar-refractivity contribution in [1.29, 1.82) is 0 Å². The van der Waals surface area contributed by atoms with Gasteiger partial charge in [-0.1, -0.05) is 33.8 Å². The summed E-state index contributed by atoms with van der Waals surface area (Å²) in [7, 11) is -3.59. The Morgan fingerprint density at radius 3 is 2.68 bits per heavy atom. The van der Waals surface area contributed by atoms with Crippen molar-refractivity contribution in [3.05, 3.63) is 29.8 Å². The molecule has 28 heavy (non-hydrogen) atoms. The quantitative estimate of drug-likeness (QED) is 0.670. The van der Waals surface area contributed by atoms with Crippen molar-refractivity contribution in [3.63, 3.8) is 0 Å². The van der Waals surface area contributed by atoms with Crippen LogP contribution in [0, 0.1) is 5.92 Å². The van der Waals surface area contributed by atoms with Crippen LogP contribution in [0.25, 0.3) is 0 Å². The van der Waals surface area contributed by atoms with E-state index in [0.717, 1.165) is 19.6 Å². The van der Waals surface area contributed by atoms with E-state index < -0.39 is 10.0 Å². The number of hydrogen-bond donors (Lipinski definition) is 1. The maximum absolute atomic E-state index is 12.7. The molecule has 1 unspecified atom stereocenters. The van der Waals surface area contributed by atoms with Crippen molar-refractivity contribution in [2.45, 2.75) is 38.7 Å². The number of carbonyl (C=O) groups excluding carboxylic acids is 1. The van der Waals surface area contributed by atoms with Crippen molar-refractivity contribution in [1.82, 2.24) is 14.5 Å². The molecule has 1 atom stereocenters. The lowest BCUT2D eigenvalue weighted by Gasteiger charge is -2.33. The Labute approximate surface area is 169 Å². The fourth-order valence-corrected chi connectivity index (χ4v) is 4.91. The minimum absolute atomic E-state index is 0.0564. The van der Waals surface area contributed by atoms with Gasteiger partial charge in [0.15, 0.2) is 0 Å². The number of benzene rings is 1. The first-order valence-corrected chi connectivity index (χ1v) is 11.4. The number of sulfonamides is 1. The van der Waals surface area contributed by atoms with Crippen LogP contribution >= 0.6 is 0 Å². The van der Waals surface area contributed by atoms with Crippen LogP contribution in [-0.2, 0) is 14.8 Å². The Bertz CT molecular complexity index is 748. The molecular weight excluding hydrogens is 378 g/mol. The Morgan fingerprint density at radius 1 is 1.32 bits per heavy atom. The lowest BCUT2D eigenvalue weighted by atomic mass is 10.1. The van der Waals surface area contributed by atoms with Crippen LogP contribution in [0.5, 0.6) is 0 Å². The second-order valence-electron chi connectivity index (χ2n) is 7.47. The van der Waals surface area contributed by atoms with Crippen molar-refractivity contribution in [2.75, 3.05) is 45.9 Å². The van der Waals surface area contributed by atoms with E-state index in [1.165, 1.54) is 16.4 Å². The topological polar surface area (TPSA) is 79.0 Å². The van der Waals surface area contributed by atoms with Crippen molar-refractivity contribution < 1.29 is 17.9 Å².